The minimum absolute atomic E-state index is 0.809. The second-order valence-electron chi connectivity index (χ2n) is 5.08. The maximum Gasteiger partial charge on any atom is 0.0226 e. The van der Waals surface area contributed by atoms with Crippen LogP contribution in [0, 0.1) is 0 Å². The minimum atomic E-state index is 0.809. The number of rotatable bonds is 1. The zero-order chi connectivity index (χ0) is 9.97. The van der Waals surface area contributed by atoms with Crippen LogP contribution < -0.4 is 5.32 Å². The molecule has 0 radical (unpaired) electrons. The van der Waals surface area contributed by atoms with Crippen LogP contribution in [0.2, 0.25) is 0 Å². The fraction of sp³-hybridized carbons (Fsp3) is 1.00. The molecule has 0 aromatic rings. The van der Waals surface area contributed by atoms with E-state index >= 15 is 0 Å². The van der Waals surface area contributed by atoms with E-state index in [4.69, 9.17) is 0 Å². The van der Waals surface area contributed by atoms with Gasteiger partial charge in [-0.1, -0.05) is 6.42 Å². The molecule has 0 bridgehead atoms. The van der Waals surface area contributed by atoms with Crippen LogP contribution in [0.4, 0.5) is 0 Å². The number of nitrogens with zero attached hydrogens (tertiary/aromatic N) is 1. The van der Waals surface area contributed by atoms with Crippen molar-refractivity contribution < 1.29 is 0 Å². The third kappa shape index (κ3) is 2.12. The Hall–Kier alpha value is -0.0800. The first kappa shape index (κ1) is 10.4. The largest absolute Gasteiger partial charge is 0.315 e. The Morgan fingerprint density at radius 3 is 2.29 bits per heavy atom. The van der Waals surface area contributed by atoms with Crippen molar-refractivity contribution in [2.24, 2.45) is 0 Å². The average molecular weight is 196 g/mol. The number of piperidine rings is 2. The molecule has 0 spiro atoms. The van der Waals surface area contributed by atoms with E-state index in [2.05, 4.69) is 24.1 Å². The molecule has 3 unspecified atom stereocenters. The molecular formula is C12H24N2. The summed E-state index contributed by atoms with van der Waals surface area (Å²) in [6.07, 6.45) is 7.00. The van der Waals surface area contributed by atoms with Gasteiger partial charge in [-0.25, -0.2) is 0 Å². The van der Waals surface area contributed by atoms with E-state index < -0.39 is 0 Å². The maximum absolute atomic E-state index is 3.53. The molecule has 2 saturated heterocycles. The van der Waals surface area contributed by atoms with Crippen LogP contribution in [0.3, 0.4) is 0 Å². The number of hydrogen-bond acceptors (Lipinski definition) is 2. The Balaban J connectivity index is 1.97. The number of nitrogens with one attached hydrogen (secondary N) is 1. The van der Waals surface area contributed by atoms with Gasteiger partial charge < -0.3 is 5.32 Å². The molecule has 0 aliphatic carbocycles. The molecule has 2 heteroatoms. The Morgan fingerprint density at radius 2 is 1.71 bits per heavy atom. The summed E-state index contributed by atoms with van der Waals surface area (Å²) in [5.41, 5.74) is 0. The predicted molar refractivity (Wildman–Crippen MR) is 60.5 cm³/mol. The van der Waals surface area contributed by atoms with E-state index in [9.17, 15) is 0 Å². The Kier molecular flexibility index (Phi) is 3.45. The molecule has 0 aromatic carbocycles. The highest BCUT2D eigenvalue weighted by molar-refractivity contribution is 4.88. The van der Waals surface area contributed by atoms with E-state index in [1.54, 1.807) is 0 Å². The summed E-state index contributed by atoms with van der Waals surface area (Å²) in [7, 11) is 0. The SMILES string of the molecule is CC1CCCC(C)N1C1CCCNC1. The highest BCUT2D eigenvalue weighted by atomic mass is 15.2. The van der Waals surface area contributed by atoms with Gasteiger partial charge in [-0.15, -0.1) is 0 Å². The van der Waals surface area contributed by atoms with Gasteiger partial charge >= 0.3 is 0 Å². The smallest absolute Gasteiger partial charge is 0.0226 e. The van der Waals surface area contributed by atoms with Gasteiger partial charge in [0.25, 0.3) is 0 Å². The summed E-state index contributed by atoms with van der Waals surface area (Å²) in [6, 6.07) is 2.43. The van der Waals surface area contributed by atoms with Gasteiger partial charge in [0.1, 0.15) is 0 Å². The lowest BCUT2D eigenvalue weighted by Gasteiger charge is -2.45. The van der Waals surface area contributed by atoms with Crippen molar-refractivity contribution in [3.05, 3.63) is 0 Å². The lowest BCUT2D eigenvalue weighted by Crippen LogP contribution is -2.54. The van der Waals surface area contributed by atoms with E-state index in [0.717, 1.165) is 18.1 Å². The zero-order valence-corrected chi connectivity index (χ0v) is 9.63. The van der Waals surface area contributed by atoms with Crippen LogP contribution in [0.25, 0.3) is 0 Å². The van der Waals surface area contributed by atoms with Crippen LogP contribution in [-0.2, 0) is 0 Å². The molecule has 0 amide bonds. The van der Waals surface area contributed by atoms with Crippen LogP contribution in [0.5, 0.6) is 0 Å². The van der Waals surface area contributed by atoms with Crippen LogP contribution in [0.15, 0.2) is 0 Å². The standard InChI is InChI=1S/C12H24N2/c1-10-5-3-6-11(2)14(10)12-7-4-8-13-9-12/h10-13H,3-9H2,1-2H3. The lowest BCUT2D eigenvalue weighted by atomic mass is 9.93. The number of hydrogen-bond donors (Lipinski definition) is 1. The molecule has 0 saturated carbocycles. The summed E-state index contributed by atoms with van der Waals surface area (Å²) >= 11 is 0. The summed E-state index contributed by atoms with van der Waals surface area (Å²) in [5, 5.41) is 3.53. The van der Waals surface area contributed by atoms with Crippen molar-refractivity contribution in [1.29, 1.82) is 0 Å². The summed E-state index contributed by atoms with van der Waals surface area (Å²) < 4.78 is 0. The fourth-order valence-electron chi connectivity index (χ4n) is 3.25. The average Bonchev–Trinajstić information content (AvgIpc) is 2.19. The molecule has 3 atom stereocenters. The summed E-state index contributed by atoms with van der Waals surface area (Å²) in [4.78, 5) is 2.77. The fourth-order valence-corrected chi connectivity index (χ4v) is 3.25. The quantitative estimate of drug-likeness (QED) is 0.690. The second-order valence-corrected chi connectivity index (χ2v) is 5.08. The van der Waals surface area contributed by atoms with Gasteiger partial charge in [-0.2, -0.15) is 0 Å². The van der Waals surface area contributed by atoms with Crippen LogP contribution in [0.1, 0.15) is 46.0 Å². The normalized spacial score (nSPS) is 41.1. The molecule has 2 fully saturated rings. The third-order valence-electron chi connectivity index (χ3n) is 3.95. The van der Waals surface area contributed by atoms with E-state index in [-0.39, 0.29) is 0 Å². The molecule has 2 rings (SSSR count). The van der Waals surface area contributed by atoms with Crippen molar-refractivity contribution in [3.63, 3.8) is 0 Å². The Morgan fingerprint density at radius 1 is 1.00 bits per heavy atom. The molecule has 2 aliphatic rings. The van der Waals surface area contributed by atoms with Crippen molar-refractivity contribution in [3.8, 4) is 0 Å². The zero-order valence-electron chi connectivity index (χ0n) is 9.63. The first-order valence-electron chi connectivity index (χ1n) is 6.27. The first-order chi connectivity index (χ1) is 6.79. The molecule has 2 aliphatic heterocycles. The topological polar surface area (TPSA) is 15.3 Å². The van der Waals surface area contributed by atoms with Gasteiger partial charge in [0, 0.05) is 24.7 Å². The Bertz CT molecular complexity index is 165. The molecular weight excluding hydrogens is 172 g/mol. The Labute approximate surface area is 88.1 Å². The predicted octanol–water partition coefficient (Wildman–Crippen LogP) is 2.00. The van der Waals surface area contributed by atoms with Crippen molar-refractivity contribution in [1.82, 2.24) is 10.2 Å². The van der Waals surface area contributed by atoms with Gasteiger partial charge in [-0.05, 0) is 46.1 Å². The molecule has 82 valence electrons. The van der Waals surface area contributed by atoms with Crippen LogP contribution in [-0.4, -0.2) is 36.1 Å². The summed E-state index contributed by atoms with van der Waals surface area (Å²) in [5.74, 6) is 0. The number of likely N-dealkylation sites (tertiary alicyclic amines) is 1. The van der Waals surface area contributed by atoms with E-state index in [1.165, 1.54) is 45.2 Å². The first-order valence-corrected chi connectivity index (χ1v) is 6.27. The molecule has 14 heavy (non-hydrogen) atoms. The van der Waals surface area contributed by atoms with Gasteiger partial charge in [0.2, 0.25) is 0 Å². The van der Waals surface area contributed by atoms with Crippen molar-refractivity contribution in [2.45, 2.75) is 64.1 Å². The van der Waals surface area contributed by atoms with Crippen LogP contribution >= 0.6 is 0 Å². The molecule has 2 nitrogen and oxygen atoms in total. The van der Waals surface area contributed by atoms with Gasteiger partial charge in [0.15, 0.2) is 0 Å². The highest BCUT2D eigenvalue weighted by Gasteiger charge is 2.31. The third-order valence-corrected chi connectivity index (χ3v) is 3.95. The lowest BCUT2D eigenvalue weighted by molar-refractivity contribution is 0.0434. The second kappa shape index (κ2) is 4.63. The van der Waals surface area contributed by atoms with Crippen molar-refractivity contribution in [2.75, 3.05) is 13.1 Å². The van der Waals surface area contributed by atoms with Gasteiger partial charge in [-0.3, -0.25) is 4.90 Å². The minimum Gasteiger partial charge on any atom is -0.315 e. The monoisotopic (exact) mass is 196 g/mol. The maximum atomic E-state index is 3.53. The molecule has 0 aromatic heterocycles. The van der Waals surface area contributed by atoms with E-state index in [1.807, 2.05) is 0 Å². The molecule has 1 N–H and O–H groups in total. The highest BCUT2D eigenvalue weighted by Crippen LogP contribution is 2.27. The van der Waals surface area contributed by atoms with Gasteiger partial charge in [0.05, 0.1) is 0 Å². The van der Waals surface area contributed by atoms with E-state index in [0.29, 0.717) is 0 Å². The summed E-state index contributed by atoms with van der Waals surface area (Å²) in [6.45, 7) is 7.26. The van der Waals surface area contributed by atoms with Crippen molar-refractivity contribution >= 4 is 0 Å². The molecule has 2 heterocycles.